The van der Waals surface area contributed by atoms with Crippen LogP contribution in [0, 0.1) is 29.1 Å². The van der Waals surface area contributed by atoms with Gasteiger partial charge in [0.15, 0.2) is 5.78 Å². The molecule has 5 nitrogen and oxygen atoms in total. The molecular formula is C24H35NO4. The van der Waals surface area contributed by atoms with E-state index in [-0.39, 0.29) is 23.2 Å². The lowest BCUT2D eigenvalue weighted by Gasteiger charge is -2.53. The number of nitrogens with one attached hydrogen (secondary N) is 1. The van der Waals surface area contributed by atoms with E-state index in [1.807, 2.05) is 32.1 Å². The molecule has 7 atom stereocenters. The van der Waals surface area contributed by atoms with Crippen molar-refractivity contribution in [2.45, 2.75) is 71.9 Å². The normalized spacial score (nSPS) is 40.9. The van der Waals surface area contributed by atoms with E-state index in [2.05, 4.69) is 18.3 Å². The van der Waals surface area contributed by atoms with E-state index in [4.69, 9.17) is 0 Å². The number of ketones is 1. The first-order valence-corrected chi connectivity index (χ1v) is 11.0. The average molecular weight is 402 g/mol. The zero-order valence-electron chi connectivity index (χ0n) is 18.0. The first-order chi connectivity index (χ1) is 13.7. The number of allylic oxidation sites excluding steroid dienone is 5. The minimum Gasteiger partial charge on any atom is -0.511 e. The molecule has 1 aliphatic heterocycles. The van der Waals surface area contributed by atoms with Crippen molar-refractivity contribution < 1.29 is 19.8 Å². The Bertz CT molecular complexity index is 750. The number of hydrogen-bond donors (Lipinski definition) is 3. The van der Waals surface area contributed by atoms with Crippen LogP contribution in [0.5, 0.6) is 0 Å². The molecule has 0 aromatic rings. The summed E-state index contributed by atoms with van der Waals surface area (Å²) >= 11 is 0. The fourth-order valence-corrected chi connectivity index (χ4v) is 5.91. The fraction of sp³-hybridized carbons (Fsp3) is 0.667. The van der Waals surface area contributed by atoms with Crippen LogP contribution in [0.2, 0.25) is 0 Å². The number of Topliss-reactive ketones (excluding diaryl/α,β-unsaturated/α-hetero) is 1. The Hall–Kier alpha value is -1.88. The first kappa shape index (κ1) is 21.8. The molecule has 3 aliphatic rings. The second-order valence-electron chi connectivity index (χ2n) is 9.44. The number of rotatable bonds is 4. The predicted octanol–water partition coefficient (Wildman–Crippen LogP) is 3.85. The lowest BCUT2D eigenvalue weighted by Crippen LogP contribution is -2.47. The van der Waals surface area contributed by atoms with Crippen LogP contribution in [0.15, 0.2) is 35.6 Å². The zero-order valence-corrected chi connectivity index (χ0v) is 18.0. The van der Waals surface area contributed by atoms with Crippen LogP contribution in [-0.2, 0) is 9.59 Å². The topological polar surface area (TPSA) is 86.6 Å². The van der Waals surface area contributed by atoms with E-state index >= 15 is 0 Å². The van der Waals surface area contributed by atoms with E-state index < -0.39 is 29.3 Å². The third-order valence-electron chi connectivity index (χ3n) is 7.55. The number of aliphatic hydroxyl groups excluding tert-OH is 2. The van der Waals surface area contributed by atoms with Crippen LogP contribution in [0.25, 0.3) is 0 Å². The molecule has 1 saturated heterocycles. The molecule has 29 heavy (non-hydrogen) atoms. The van der Waals surface area contributed by atoms with Crippen molar-refractivity contribution in [1.82, 2.24) is 5.32 Å². The molecule has 3 rings (SSSR count). The lowest BCUT2D eigenvalue weighted by molar-refractivity contribution is -0.118. The highest BCUT2D eigenvalue weighted by Crippen LogP contribution is 2.58. The third-order valence-corrected chi connectivity index (χ3v) is 7.55. The van der Waals surface area contributed by atoms with Crippen molar-refractivity contribution in [2.75, 3.05) is 0 Å². The Morgan fingerprint density at radius 3 is 2.55 bits per heavy atom. The van der Waals surface area contributed by atoms with E-state index in [1.54, 1.807) is 0 Å². The zero-order chi connectivity index (χ0) is 21.3. The number of hydrogen-bond acceptors (Lipinski definition) is 4. The summed E-state index contributed by atoms with van der Waals surface area (Å²) in [6, 6.07) is -0.981. The molecule has 1 unspecified atom stereocenters. The van der Waals surface area contributed by atoms with Crippen molar-refractivity contribution in [3.05, 3.63) is 35.6 Å². The van der Waals surface area contributed by atoms with E-state index in [0.29, 0.717) is 11.8 Å². The molecule has 2 saturated carbocycles. The van der Waals surface area contributed by atoms with Crippen LogP contribution >= 0.6 is 0 Å². The number of carbonyl (C=O) groups excluding carboxylic acids is 2. The maximum Gasteiger partial charge on any atom is 0.259 e. The Labute approximate surface area is 174 Å². The molecule has 0 bridgehead atoms. The number of carbonyl (C=O) groups is 2. The smallest absolute Gasteiger partial charge is 0.259 e. The Kier molecular flexibility index (Phi) is 6.37. The molecule has 5 heteroatoms. The van der Waals surface area contributed by atoms with Crippen LogP contribution in [0.3, 0.4) is 0 Å². The molecule has 0 aromatic carbocycles. The van der Waals surface area contributed by atoms with Crippen molar-refractivity contribution in [1.29, 1.82) is 0 Å². The van der Waals surface area contributed by atoms with Gasteiger partial charge in [-0.15, -0.1) is 0 Å². The molecule has 1 heterocycles. The first-order valence-electron chi connectivity index (χ1n) is 11.0. The molecule has 0 aromatic heterocycles. The summed E-state index contributed by atoms with van der Waals surface area (Å²) in [5.41, 5.74) is -0.820. The van der Waals surface area contributed by atoms with Crippen molar-refractivity contribution in [2.24, 2.45) is 29.1 Å². The van der Waals surface area contributed by atoms with Gasteiger partial charge in [0.2, 0.25) is 0 Å². The molecule has 1 amide bonds. The number of amides is 1. The minimum atomic E-state index is -0.996. The van der Waals surface area contributed by atoms with E-state index in [0.717, 1.165) is 32.1 Å². The third kappa shape index (κ3) is 3.81. The Balaban J connectivity index is 2.08. The average Bonchev–Trinajstić information content (AvgIpc) is 2.97. The van der Waals surface area contributed by atoms with Gasteiger partial charge >= 0.3 is 0 Å². The quantitative estimate of drug-likeness (QED) is 0.289. The molecule has 3 N–H and O–H groups in total. The van der Waals surface area contributed by atoms with Gasteiger partial charge in [0.05, 0.1) is 6.10 Å². The van der Waals surface area contributed by atoms with Crippen LogP contribution in [0.4, 0.5) is 0 Å². The summed E-state index contributed by atoms with van der Waals surface area (Å²) in [7, 11) is 0. The summed E-state index contributed by atoms with van der Waals surface area (Å²) in [5, 5.41) is 23.9. The standard InChI is InChI=1S/C24H35NO4/c1-5-6-7-8-17-11-10-16-13-14(2)9-12-18(16)24(17,4)22(28)19-21(27)20(15(3)26)25-23(19)29/h5-8,14-18,20,26,28H,9-13H2,1-4H3,(H,25,29)/b6-5+,8-7+,22-19-/t14-,15?,16-,17-,18-,20+,24-/m1/s1. The molecule has 0 radical (unpaired) electrons. The summed E-state index contributed by atoms with van der Waals surface area (Å²) in [6.45, 7) is 7.75. The Morgan fingerprint density at radius 1 is 1.21 bits per heavy atom. The maximum absolute atomic E-state index is 12.9. The van der Waals surface area contributed by atoms with Crippen LogP contribution in [-0.4, -0.2) is 34.0 Å². The monoisotopic (exact) mass is 401 g/mol. The van der Waals surface area contributed by atoms with Crippen molar-refractivity contribution >= 4 is 11.7 Å². The van der Waals surface area contributed by atoms with Gasteiger partial charge in [-0.05, 0) is 63.2 Å². The maximum atomic E-state index is 12.9. The highest BCUT2D eigenvalue weighted by molar-refractivity contribution is 6.27. The van der Waals surface area contributed by atoms with Gasteiger partial charge in [-0.2, -0.15) is 0 Å². The molecular weight excluding hydrogens is 366 g/mol. The van der Waals surface area contributed by atoms with Crippen LogP contribution < -0.4 is 5.32 Å². The summed E-state index contributed by atoms with van der Waals surface area (Å²) in [4.78, 5) is 25.5. The second-order valence-corrected chi connectivity index (χ2v) is 9.44. The summed E-state index contributed by atoms with van der Waals surface area (Å²) in [5.74, 6) is 0.292. The Morgan fingerprint density at radius 2 is 1.93 bits per heavy atom. The van der Waals surface area contributed by atoms with Crippen molar-refractivity contribution in [3.8, 4) is 0 Å². The highest BCUT2D eigenvalue weighted by atomic mass is 16.3. The molecule has 2 aliphatic carbocycles. The van der Waals surface area contributed by atoms with Gasteiger partial charge in [-0.3, -0.25) is 9.59 Å². The van der Waals surface area contributed by atoms with Gasteiger partial charge in [0.25, 0.3) is 5.91 Å². The predicted molar refractivity (Wildman–Crippen MR) is 113 cm³/mol. The van der Waals surface area contributed by atoms with Gasteiger partial charge in [-0.25, -0.2) is 0 Å². The molecule has 3 fully saturated rings. The minimum absolute atomic E-state index is 0.0482. The fourth-order valence-electron chi connectivity index (χ4n) is 5.91. The van der Waals surface area contributed by atoms with Crippen LogP contribution in [0.1, 0.15) is 59.8 Å². The SMILES string of the molecule is C/C=C/C=C/[C@@H]1CC[C@@H]2C[C@H](C)CC[C@H]2[C@]1(C)/C(O)=C1/C(=O)N[C@@H](C(C)O)C1=O. The van der Waals surface area contributed by atoms with Gasteiger partial charge in [0.1, 0.15) is 17.4 Å². The largest absolute Gasteiger partial charge is 0.511 e. The van der Waals surface area contributed by atoms with Gasteiger partial charge in [-0.1, -0.05) is 44.6 Å². The number of fused-ring (bicyclic) bond motifs is 1. The second kappa shape index (κ2) is 8.47. The van der Waals surface area contributed by atoms with Gasteiger partial charge in [0, 0.05) is 5.41 Å². The summed E-state index contributed by atoms with van der Waals surface area (Å²) < 4.78 is 0. The lowest BCUT2D eigenvalue weighted by atomic mass is 9.51. The van der Waals surface area contributed by atoms with E-state index in [1.165, 1.54) is 6.92 Å². The molecule has 160 valence electrons. The number of aliphatic hydroxyl groups is 2. The highest BCUT2D eigenvalue weighted by Gasteiger charge is 2.54. The molecule has 0 spiro atoms. The van der Waals surface area contributed by atoms with E-state index in [9.17, 15) is 19.8 Å². The van der Waals surface area contributed by atoms with Gasteiger partial charge < -0.3 is 15.5 Å². The van der Waals surface area contributed by atoms with Crippen molar-refractivity contribution in [3.63, 3.8) is 0 Å². The summed E-state index contributed by atoms with van der Waals surface area (Å²) in [6.07, 6.45) is 12.3.